The normalized spacial score (nSPS) is 25.6. The first-order valence-electron chi connectivity index (χ1n) is 16.6. The number of hydrogen-bond donors (Lipinski definition) is 3. The van der Waals surface area contributed by atoms with Crippen LogP contribution in [-0.4, -0.2) is 78.9 Å². The third-order valence-corrected chi connectivity index (χ3v) is 8.42. The third kappa shape index (κ3) is 4.46. The maximum Gasteiger partial charge on any atom is 0.407 e. The summed E-state index contributed by atoms with van der Waals surface area (Å²) >= 11 is 0. The van der Waals surface area contributed by atoms with Gasteiger partial charge in [0.15, 0.2) is 11.3 Å². The number of pyridine rings is 2. The number of imidazole rings is 1. The second-order valence-electron chi connectivity index (χ2n) is 11.3. The van der Waals surface area contributed by atoms with E-state index >= 15 is 0 Å². The number of alkyl carbamates (subject to hydrolysis) is 1. The molecule has 4 unspecified atom stereocenters. The predicted molar refractivity (Wildman–Crippen MR) is 157 cm³/mol. The molecule has 4 heterocycles. The quantitative estimate of drug-likeness (QED) is 0.285. The van der Waals surface area contributed by atoms with Crippen LogP contribution in [0.15, 0.2) is 29.2 Å². The van der Waals surface area contributed by atoms with Crippen LogP contribution in [0.2, 0.25) is 0 Å². The fraction of sp³-hybridized carbons (Fsp3) is 0.464. The van der Waals surface area contributed by atoms with Gasteiger partial charge in [0.05, 0.1) is 33.8 Å². The van der Waals surface area contributed by atoms with E-state index < -0.39 is 49.3 Å². The number of nitrogens with one attached hydrogen (secondary N) is 2. The van der Waals surface area contributed by atoms with Gasteiger partial charge in [-0.1, -0.05) is 6.92 Å². The molecule has 4 atom stereocenters. The number of carbonyl (C=O) groups excluding carboxylic acids is 3. The van der Waals surface area contributed by atoms with Gasteiger partial charge in [0.1, 0.15) is 17.2 Å². The highest BCUT2D eigenvalue weighted by molar-refractivity contribution is 6.05. The maximum absolute atomic E-state index is 13.6. The van der Waals surface area contributed by atoms with Crippen molar-refractivity contribution in [2.24, 2.45) is 18.6 Å². The van der Waals surface area contributed by atoms with Gasteiger partial charge in [0.25, 0.3) is 5.91 Å². The molecule has 0 spiro atoms. The van der Waals surface area contributed by atoms with Gasteiger partial charge in [-0.3, -0.25) is 18.7 Å². The zero-order valence-corrected chi connectivity index (χ0v) is 23.6. The second-order valence-corrected chi connectivity index (χ2v) is 11.3. The molecule has 4 N–H and O–H groups in total. The molecule has 0 radical (unpaired) electrons. The Kier molecular flexibility index (Phi) is 5.10. The number of carbonyl (C=O) groups is 3. The first-order valence-corrected chi connectivity index (χ1v) is 13.6. The molecule has 15 nitrogen and oxygen atoms in total. The number of ether oxygens (including phenoxy) is 1. The van der Waals surface area contributed by atoms with Crippen molar-refractivity contribution in [3.8, 4) is 0 Å². The van der Waals surface area contributed by atoms with E-state index in [9.17, 15) is 19.2 Å². The average Bonchev–Trinajstić information content (AvgIpc) is 3.25. The molecule has 2 fully saturated rings. The van der Waals surface area contributed by atoms with E-state index in [1.165, 1.54) is 26.4 Å². The van der Waals surface area contributed by atoms with Crippen LogP contribution < -0.4 is 22.1 Å². The minimum Gasteiger partial charge on any atom is -0.453 e. The molecule has 4 aromatic heterocycles. The Morgan fingerprint density at radius 2 is 2.00 bits per heavy atom. The van der Waals surface area contributed by atoms with Crippen LogP contribution in [0.1, 0.15) is 57.4 Å². The molecule has 2 saturated carbocycles. The van der Waals surface area contributed by atoms with Crippen LogP contribution in [0.5, 0.6) is 0 Å². The fourth-order valence-corrected chi connectivity index (χ4v) is 6.05. The Balaban J connectivity index is 1.38. The summed E-state index contributed by atoms with van der Waals surface area (Å²) in [6.07, 6.45) is 1.51. The van der Waals surface area contributed by atoms with E-state index in [4.69, 9.17) is 14.0 Å². The maximum atomic E-state index is 13.6. The lowest BCUT2D eigenvalue weighted by molar-refractivity contribution is -0.123. The van der Waals surface area contributed by atoms with Crippen LogP contribution in [0.25, 0.3) is 22.1 Å². The number of aryl methyl sites for hydroxylation is 1. The van der Waals surface area contributed by atoms with Crippen molar-refractivity contribution in [1.82, 2.24) is 39.1 Å². The Bertz CT molecular complexity index is 2070. The smallest absolute Gasteiger partial charge is 0.407 e. The number of fused-ring (bicyclic) bond motifs is 2. The minimum absolute atomic E-state index is 0.0493. The fourth-order valence-electron chi connectivity index (χ4n) is 6.05. The molecular formula is C28H34N10O5. The summed E-state index contributed by atoms with van der Waals surface area (Å²) in [7, 11) is 0.239. The minimum atomic E-state index is -2.92. The number of amides is 3. The standard InChI is InChI=1S/C28H34N10O5/c1-14-12-28(14,25(29)40)38-23-17(22(34-38)24(39)35(2)3)8-9-20(33-23)32-21-11-18-19(13-30-21)36(4)27(42)37(18)16-7-6-15(10-16)31-26(41)43-5/h8-9,11,13-16H,6-7,10,12H2,1-5H3,(H2,29,40)(H,31,41)(H,30,32,33)/i4D3,5D3. The van der Waals surface area contributed by atoms with E-state index in [2.05, 4.69) is 30.4 Å². The lowest BCUT2D eigenvalue weighted by Gasteiger charge is -2.15. The number of hydrogen-bond acceptors (Lipinski definition) is 9. The van der Waals surface area contributed by atoms with Crippen molar-refractivity contribution < 1.29 is 27.3 Å². The highest BCUT2D eigenvalue weighted by atomic mass is 16.5. The van der Waals surface area contributed by atoms with Crippen molar-refractivity contribution in [3.63, 3.8) is 0 Å². The van der Waals surface area contributed by atoms with Crippen LogP contribution in [0, 0.1) is 5.92 Å². The van der Waals surface area contributed by atoms with E-state index in [1.54, 1.807) is 26.2 Å². The predicted octanol–water partition coefficient (Wildman–Crippen LogP) is 1.60. The molecule has 6 rings (SSSR count). The van der Waals surface area contributed by atoms with Gasteiger partial charge >= 0.3 is 11.8 Å². The number of anilines is 2. The van der Waals surface area contributed by atoms with Crippen LogP contribution in [-0.2, 0) is 22.0 Å². The van der Waals surface area contributed by atoms with Gasteiger partial charge in [-0.05, 0) is 43.7 Å². The first-order chi connectivity index (χ1) is 22.8. The summed E-state index contributed by atoms with van der Waals surface area (Å²) in [5.74, 6) is -0.684. The van der Waals surface area contributed by atoms with Crippen molar-refractivity contribution in [1.29, 1.82) is 0 Å². The molecular weight excluding hydrogens is 556 g/mol. The van der Waals surface area contributed by atoms with Crippen molar-refractivity contribution in [2.45, 2.75) is 50.2 Å². The monoisotopic (exact) mass is 596 g/mol. The number of nitrogens with zero attached hydrogens (tertiary/aromatic N) is 7. The molecule has 0 bridgehead atoms. The van der Waals surface area contributed by atoms with Crippen molar-refractivity contribution in [2.75, 3.05) is 26.5 Å². The average molecular weight is 597 g/mol. The zero-order chi connectivity index (χ0) is 35.8. The summed E-state index contributed by atoms with van der Waals surface area (Å²) in [5.41, 5.74) is 4.49. The highest BCUT2D eigenvalue weighted by Gasteiger charge is 2.60. The summed E-state index contributed by atoms with van der Waals surface area (Å²) in [4.78, 5) is 61.7. The largest absolute Gasteiger partial charge is 0.453 e. The van der Waals surface area contributed by atoms with Crippen molar-refractivity contribution >= 4 is 51.6 Å². The Morgan fingerprint density at radius 1 is 1.21 bits per heavy atom. The van der Waals surface area contributed by atoms with Crippen LogP contribution in [0.4, 0.5) is 16.4 Å². The highest BCUT2D eigenvalue weighted by Crippen LogP contribution is 2.51. The van der Waals surface area contributed by atoms with E-state index in [0.717, 1.165) is 0 Å². The Labute approximate surface area is 254 Å². The molecule has 2 aliphatic carbocycles. The van der Waals surface area contributed by atoms with E-state index in [-0.39, 0.29) is 52.3 Å². The lowest BCUT2D eigenvalue weighted by atomic mass is 10.2. The van der Waals surface area contributed by atoms with Gasteiger partial charge in [-0.2, -0.15) is 5.10 Å². The Morgan fingerprint density at radius 3 is 2.67 bits per heavy atom. The van der Waals surface area contributed by atoms with Gasteiger partial charge in [0.2, 0.25) is 5.91 Å². The zero-order valence-electron chi connectivity index (χ0n) is 29.6. The number of primary amides is 1. The number of aromatic nitrogens is 6. The van der Waals surface area contributed by atoms with Gasteiger partial charge in [-0.25, -0.2) is 24.2 Å². The van der Waals surface area contributed by atoms with E-state index in [0.29, 0.717) is 29.2 Å². The summed E-state index contributed by atoms with van der Waals surface area (Å²) in [5, 5.41) is 10.5. The molecule has 15 heteroatoms. The van der Waals surface area contributed by atoms with E-state index in [1.807, 2.05) is 6.92 Å². The molecule has 43 heavy (non-hydrogen) atoms. The number of methoxy groups -OCH3 is 1. The molecule has 3 amide bonds. The number of rotatable bonds is 7. The summed E-state index contributed by atoms with van der Waals surface area (Å²) in [6.45, 7) is -0.983. The second kappa shape index (κ2) is 10.1. The molecule has 4 aromatic rings. The molecule has 0 aromatic carbocycles. The van der Waals surface area contributed by atoms with Crippen LogP contribution >= 0.6 is 0 Å². The van der Waals surface area contributed by atoms with Gasteiger partial charge < -0.3 is 26.0 Å². The Hall–Kier alpha value is -4.95. The van der Waals surface area contributed by atoms with Gasteiger partial charge in [-0.15, -0.1) is 0 Å². The third-order valence-electron chi connectivity index (χ3n) is 8.42. The first kappa shape index (κ1) is 21.7. The summed E-state index contributed by atoms with van der Waals surface area (Å²) in [6, 6.07) is 3.65. The molecule has 0 aliphatic heterocycles. The SMILES string of the molecule is [2H]C([2H])([2H])OC(=O)NC1CCC(n2c(=O)n(C([2H])([2H])[2H])c3cnc(Nc4ccc5c(C(=O)N(C)C)nn(C6(C(N)=O)CC6C)c5n4)cc32)C1. The van der Waals surface area contributed by atoms with Crippen LogP contribution in [0.3, 0.4) is 0 Å². The molecule has 0 saturated heterocycles. The lowest BCUT2D eigenvalue weighted by Crippen LogP contribution is -2.37. The molecule has 2 aliphatic rings. The van der Waals surface area contributed by atoms with Crippen molar-refractivity contribution in [3.05, 3.63) is 40.6 Å². The molecule has 226 valence electrons. The summed E-state index contributed by atoms with van der Waals surface area (Å²) < 4.78 is 53.2. The van der Waals surface area contributed by atoms with Gasteiger partial charge in [0, 0.05) is 43.3 Å². The topological polar surface area (TPSA) is 184 Å². The number of nitrogens with two attached hydrogens (primary N) is 1.